The monoisotopic (exact) mass is 1160 g/mol. The summed E-state index contributed by atoms with van der Waals surface area (Å²) in [5.74, 6) is -6.65. The molecule has 0 aliphatic heterocycles. The van der Waals surface area contributed by atoms with Gasteiger partial charge in [-0.05, 0) is 97.9 Å². The lowest BCUT2D eigenvalue weighted by atomic mass is 10.0. The molecule has 0 unspecified atom stereocenters. The van der Waals surface area contributed by atoms with Gasteiger partial charge in [-0.15, -0.1) is 0 Å². The van der Waals surface area contributed by atoms with Crippen LogP contribution < -0.4 is 64.6 Å². The third-order valence-corrected chi connectivity index (χ3v) is 13.1. The van der Waals surface area contributed by atoms with Crippen molar-refractivity contribution < 1.29 is 58.2 Å². The number of aromatic hydroxyl groups is 2. The molecule has 4 rings (SSSR count). The van der Waals surface area contributed by atoms with E-state index >= 15 is 0 Å². The summed E-state index contributed by atoms with van der Waals surface area (Å²) in [6.07, 6.45) is 0.714. The van der Waals surface area contributed by atoms with Gasteiger partial charge in [-0.3, -0.25) is 47.9 Å². The zero-order chi connectivity index (χ0) is 61.9. The van der Waals surface area contributed by atoms with Crippen molar-refractivity contribution in [3.8, 4) is 11.5 Å². The lowest BCUT2D eigenvalue weighted by Crippen LogP contribution is -2.57. The predicted octanol–water partition coefficient (Wildman–Crippen LogP) is -0.471. The van der Waals surface area contributed by atoms with E-state index in [-0.39, 0.29) is 74.9 Å². The fraction of sp³-hybridized carbons (Fsp3) is 0.433. The van der Waals surface area contributed by atoms with Gasteiger partial charge in [0.2, 0.25) is 59.1 Å². The Labute approximate surface area is 489 Å². The van der Waals surface area contributed by atoms with Crippen LogP contribution in [0.3, 0.4) is 0 Å². The topological polar surface area (TPSA) is 383 Å². The number of carbonyl (C=O) groups is 10. The van der Waals surface area contributed by atoms with Crippen LogP contribution in [0.2, 0.25) is 0 Å². The van der Waals surface area contributed by atoms with E-state index < -0.39 is 120 Å². The Kier molecular flexibility index (Phi) is 27.8. The number of amides is 10. The molecule has 0 aromatic heterocycles. The van der Waals surface area contributed by atoms with E-state index in [1.54, 1.807) is 84.9 Å². The Bertz CT molecular complexity index is 2630. The normalized spacial score (nSPS) is 13.9. The van der Waals surface area contributed by atoms with Gasteiger partial charge in [0.25, 0.3) is 0 Å². The van der Waals surface area contributed by atoms with Crippen LogP contribution in [0.5, 0.6) is 11.5 Å². The van der Waals surface area contributed by atoms with E-state index in [4.69, 9.17) is 11.5 Å². The van der Waals surface area contributed by atoms with Gasteiger partial charge in [-0.25, -0.2) is 0 Å². The lowest BCUT2D eigenvalue weighted by molar-refractivity contribution is -0.133. The smallest absolute Gasteiger partial charge is 0.243 e. The number of nitrogens with one attached hydrogen (secondary N) is 10. The maximum atomic E-state index is 14.0. The quantitative estimate of drug-likeness (QED) is 0.0268. The van der Waals surface area contributed by atoms with Gasteiger partial charge < -0.3 is 74.8 Å². The van der Waals surface area contributed by atoms with E-state index in [0.29, 0.717) is 22.3 Å². The standard InChI is InChI=1S/C60H82N12O12/c1-35(2)27-47(71-59(83)49(31-39-13-9-7-10-14-39)69-51(75)33-65-53(77)37(5)67-55(79)45(61)29-41-17-21-43(73)22-18-41)57(81)63-25-26-64-58(82)48(28-36(3)4)72-60(84)50(32-40-15-11-8-12-16-40)70-52(76)34-66-54(78)38(6)68-56(80)46(62)30-42-19-23-44(74)24-20-42/h7-24,35-38,45-50,73-74H,25-34,61-62H2,1-6H3,(H,63,81)(H,64,82)(H,65,77)(H,66,78)(H,67,79)(H,68,80)(H,69,75)(H,70,76)(H,71,83)(H,72,84)/t37-,38-,45+,46+,47+,48+,49+,50+/m1/s1. The molecule has 84 heavy (non-hydrogen) atoms. The SMILES string of the molecule is CC(C)C[C@H](NC(=O)[C@H](Cc1ccccc1)NC(=O)CNC(=O)[C@@H](C)NC(=O)[C@@H](N)Cc1ccc(O)cc1)C(=O)NCCNC(=O)[C@H](CC(C)C)NC(=O)[C@H](Cc1ccccc1)NC(=O)CNC(=O)[C@@H](C)NC(=O)[C@@H](N)Cc1ccc(O)cc1. The highest BCUT2D eigenvalue weighted by atomic mass is 16.3. The van der Waals surface area contributed by atoms with Crippen LogP contribution in [0.4, 0.5) is 0 Å². The fourth-order valence-corrected chi connectivity index (χ4v) is 8.55. The Morgan fingerprint density at radius 1 is 0.357 bits per heavy atom. The first-order valence-corrected chi connectivity index (χ1v) is 27.9. The van der Waals surface area contributed by atoms with E-state index in [1.807, 2.05) is 27.7 Å². The van der Waals surface area contributed by atoms with E-state index in [1.165, 1.54) is 38.1 Å². The molecule has 0 fully saturated rings. The maximum absolute atomic E-state index is 14.0. The molecule has 0 aliphatic carbocycles. The van der Waals surface area contributed by atoms with Crippen LogP contribution in [-0.2, 0) is 73.6 Å². The number of phenolic OH excluding ortho intramolecular Hbond substituents is 2. The summed E-state index contributed by atoms with van der Waals surface area (Å²) in [5.41, 5.74) is 14.9. The highest BCUT2D eigenvalue weighted by molar-refractivity contribution is 5.96. The Hall–Kier alpha value is -8.90. The van der Waals surface area contributed by atoms with Crippen molar-refractivity contribution in [3.05, 3.63) is 131 Å². The van der Waals surface area contributed by atoms with Gasteiger partial charge >= 0.3 is 0 Å². The molecular weight excluding hydrogens is 1080 g/mol. The summed E-state index contributed by atoms with van der Waals surface area (Å²) in [4.78, 5) is 134. The molecule has 0 saturated heterocycles. The minimum Gasteiger partial charge on any atom is -0.508 e. The Morgan fingerprint density at radius 3 is 1.00 bits per heavy atom. The predicted molar refractivity (Wildman–Crippen MR) is 314 cm³/mol. The van der Waals surface area contributed by atoms with Gasteiger partial charge in [-0.1, -0.05) is 113 Å². The first-order chi connectivity index (χ1) is 39.9. The summed E-state index contributed by atoms with van der Waals surface area (Å²) in [6.45, 7) is 8.97. The molecular formula is C60H82N12O12. The number of nitrogens with two attached hydrogens (primary N) is 2. The van der Waals surface area contributed by atoms with Crippen molar-refractivity contribution in [1.29, 1.82) is 0 Å². The molecule has 10 amide bonds. The van der Waals surface area contributed by atoms with Gasteiger partial charge in [0.1, 0.15) is 47.8 Å². The van der Waals surface area contributed by atoms with E-state index in [2.05, 4.69) is 53.2 Å². The van der Waals surface area contributed by atoms with Crippen molar-refractivity contribution in [2.45, 2.75) is 128 Å². The molecule has 4 aromatic carbocycles. The molecule has 16 N–H and O–H groups in total. The van der Waals surface area contributed by atoms with Crippen molar-refractivity contribution in [1.82, 2.24) is 53.2 Å². The second-order valence-electron chi connectivity index (χ2n) is 21.4. The average Bonchev–Trinajstić information content (AvgIpc) is 3.52. The van der Waals surface area contributed by atoms with Gasteiger partial charge in [0, 0.05) is 25.9 Å². The molecule has 8 atom stereocenters. The van der Waals surface area contributed by atoms with Gasteiger partial charge in [0.15, 0.2) is 0 Å². The minimum absolute atomic E-state index is 0.0227. The molecule has 454 valence electrons. The first kappa shape index (κ1) is 67.6. The van der Waals surface area contributed by atoms with Crippen LogP contribution in [0, 0.1) is 11.8 Å². The number of rotatable bonds is 33. The second-order valence-corrected chi connectivity index (χ2v) is 21.4. The fourth-order valence-electron chi connectivity index (χ4n) is 8.55. The highest BCUT2D eigenvalue weighted by Gasteiger charge is 2.31. The van der Waals surface area contributed by atoms with Crippen molar-refractivity contribution in [2.24, 2.45) is 23.3 Å². The largest absolute Gasteiger partial charge is 0.508 e. The van der Waals surface area contributed by atoms with Gasteiger partial charge in [-0.2, -0.15) is 0 Å². The summed E-state index contributed by atoms with van der Waals surface area (Å²) in [7, 11) is 0. The number of hydrogen-bond donors (Lipinski definition) is 14. The molecule has 0 saturated carbocycles. The van der Waals surface area contributed by atoms with Crippen LogP contribution in [0.15, 0.2) is 109 Å². The molecule has 0 heterocycles. The van der Waals surface area contributed by atoms with Gasteiger partial charge in [0.05, 0.1) is 25.2 Å². The number of carbonyl (C=O) groups excluding carboxylic acids is 10. The first-order valence-electron chi connectivity index (χ1n) is 27.9. The zero-order valence-corrected chi connectivity index (χ0v) is 48.4. The third kappa shape index (κ3) is 24.7. The molecule has 0 spiro atoms. The van der Waals surface area contributed by atoms with Crippen LogP contribution in [0.25, 0.3) is 0 Å². The Morgan fingerprint density at radius 2 is 0.679 bits per heavy atom. The molecule has 0 radical (unpaired) electrons. The molecule has 4 aromatic rings. The maximum Gasteiger partial charge on any atom is 0.243 e. The second kappa shape index (κ2) is 34.5. The van der Waals surface area contributed by atoms with Crippen LogP contribution in [-0.4, -0.2) is 144 Å². The van der Waals surface area contributed by atoms with Crippen molar-refractivity contribution >= 4 is 59.1 Å². The summed E-state index contributed by atoms with van der Waals surface area (Å²) in [6, 6.07) is 21.2. The van der Waals surface area contributed by atoms with E-state index in [0.717, 1.165) is 0 Å². The Balaban J connectivity index is 1.32. The molecule has 24 nitrogen and oxygen atoms in total. The highest BCUT2D eigenvalue weighted by Crippen LogP contribution is 2.14. The molecule has 0 aliphatic rings. The average molecular weight is 1160 g/mol. The van der Waals surface area contributed by atoms with Crippen molar-refractivity contribution in [2.75, 3.05) is 26.2 Å². The number of hydrogen-bond acceptors (Lipinski definition) is 14. The van der Waals surface area contributed by atoms with Crippen molar-refractivity contribution in [3.63, 3.8) is 0 Å². The van der Waals surface area contributed by atoms with Crippen LogP contribution >= 0.6 is 0 Å². The zero-order valence-electron chi connectivity index (χ0n) is 48.4. The summed E-state index contributed by atoms with van der Waals surface area (Å²) >= 11 is 0. The third-order valence-electron chi connectivity index (χ3n) is 13.1. The summed E-state index contributed by atoms with van der Waals surface area (Å²) in [5, 5.41) is 45.3. The minimum atomic E-state index is -1.20. The summed E-state index contributed by atoms with van der Waals surface area (Å²) < 4.78 is 0. The molecule has 24 heteroatoms. The lowest BCUT2D eigenvalue weighted by Gasteiger charge is -2.25. The number of phenols is 2. The molecule has 0 bridgehead atoms. The number of benzene rings is 4. The van der Waals surface area contributed by atoms with E-state index in [9.17, 15) is 58.2 Å². The van der Waals surface area contributed by atoms with Crippen LogP contribution in [0.1, 0.15) is 76.6 Å².